The molecule has 0 saturated carbocycles. The Morgan fingerprint density at radius 3 is 2.12 bits per heavy atom. The summed E-state index contributed by atoms with van der Waals surface area (Å²) in [5.74, 6) is -0.430. The number of carbonyl (C=O) groups is 2. The van der Waals surface area contributed by atoms with Crippen molar-refractivity contribution in [3.8, 4) is 5.69 Å². The van der Waals surface area contributed by atoms with Crippen LogP contribution in [0.3, 0.4) is 0 Å². The second-order valence-corrected chi connectivity index (χ2v) is 6.16. The molecule has 1 heterocycles. The van der Waals surface area contributed by atoms with Crippen molar-refractivity contribution in [2.45, 2.75) is 13.8 Å². The molecule has 0 aliphatic carbocycles. The molecule has 0 radical (unpaired) electrons. The van der Waals surface area contributed by atoms with Gasteiger partial charge >= 0.3 is 0 Å². The van der Waals surface area contributed by atoms with Crippen LogP contribution in [0.4, 0.5) is 11.4 Å². The summed E-state index contributed by atoms with van der Waals surface area (Å²) in [5.41, 5.74) is 2.53. The van der Waals surface area contributed by atoms with Gasteiger partial charge < -0.3 is 10.6 Å². The Bertz CT molecular complexity index is 899. The van der Waals surface area contributed by atoms with E-state index in [4.69, 9.17) is 0 Å². The van der Waals surface area contributed by atoms with Crippen LogP contribution >= 0.6 is 0 Å². The minimum Gasteiger partial charge on any atom is -0.326 e. The van der Waals surface area contributed by atoms with E-state index in [1.807, 2.05) is 44.2 Å². The van der Waals surface area contributed by atoms with Crippen molar-refractivity contribution in [3.63, 3.8) is 0 Å². The van der Waals surface area contributed by atoms with Gasteiger partial charge in [-0.15, -0.1) is 0 Å². The molecular formula is C20H20N4O2. The molecule has 2 aromatic carbocycles. The summed E-state index contributed by atoms with van der Waals surface area (Å²) in [5, 5.41) is 9.91. The maximum absolute atomic E-state index is 12.4. The predicted molar refractivity (Wildman–Crippen MR) is 101 cm³/mol. The van der Waals surface area contributed by atoms with Crippen molar-refractivity contribution in [1.29, 1.82) is 0 Å². The third-order valence-electron chi connectivity index (χ3n) is 3.78. The normalized spacial score (nSPS) is 10.6. The second kappa shape index (κ2) is 7.65. The number of hydrogen-bond acceptors (Lipinski definition) is 3. The molecule has 3 aromatic rings. The monoisotopic (exact) mass is 348 g/mol. The molecule has 0 unspecified atom stereocenters. The van der Waals surface area contributed by atoms with Gasteiger partial charge in [-0.2, -0.15) is 5.10 Å². The fourth-order valence-corrected chi connectivity index (χ4v) is 2.29. The Hall–Kier alpha value is -3.41. The molecule has 132 valence electrons. The molecule has 0 aliphatic heterocycles. The van der Waals surface area contributed by atoms with E-state index in [0.29, 0.717) is 17.1 Å². The van der Waals surface area contributed by atoms with E-state index in [2.05, 4.69) is 15.7 Å². The van der Waals surface area contributed by atoms with Crippen LogP contribution in [0.25, 0.3) is 5.69 Å². The van der Waals surface area contributed by atoms with Crippen molar-refractivity contribution >= 4 is 23.2 Å². The maximum atomic E-state index is 12.4. The first-order valence-electron chi connectivity index (χ1n) is 8.36. The van der Waals surface area contributed by atoms with Crippen LogP contribution in [-0.2, 0) is 4.79 Å². The Morgan fingerprint density at radius 1 is 0.885 bits per heavy atom. The van der Waals surface area contributed by atoms with E-state index in [9.17, 15) is 9.59 Å². The van der Waals surface area contributed by atoms with E-state index in [0.717, 1.165) is 5.69 Å². The lowest BCUT2D eigenvalue weighted by molar-refractivity contribution is -0.118. The van der Waals surface area contributed by atoms with Gasteiger partial charge in [-0.05, 0) is 42.5 Å². The van der Waals surface area contributed by atoms with Crippen molar-refractivity contribution in [3.05, 3.63) is 72.6 Å². The van der Waals surface area contributed by atoms with Gasteiger partial charge in [0.15, 0.2) is 5.69 Å². The van der Waals surface area contributed by atoms with Crippen LogP contribution in [0.2, 0.25) is 0 Å². The topological polar surface area (TPSA) is 76.0 Å². The molecule has 0 atom stereocenters. The van der Waals surface area contributed by atoms with Crippen LogP contribution < -0.4 is 10.6 Å². The number of amides is 2. The van der Waals surface area contributed by atoms with Gasteiger partial charge in [0.1, 0.15) is 0 Å². The molecule has 2 N–H and O–H groups in total. The van der Waals surface area contributed by atoms with Crippen molar-refractivity contribution in [2.75, 3.05) is 10.6 Å². The quantitative estimate of drug-likeness (QED) is 0.738. The van der Waals surface area contributed by atoms with Crippen molar-refractivity contribution < 1.29 is 9.59 Å². The Labute approximate surface area is 151 Å². The van der Waals surface area contributed by atoms with Gasteiger partial charge in [0.05, 0.1) is 5.69 Å². The number of nitrogens with one attached hydrogen (secondary N) is 2. The summed E-state index contributed by atoms with van der Waals surface area (Å²) >= 11 is 0. The third-order valence-corrected chi connectivity index (χ3v) is 3.78. The number of hydrogen-bond donors (Lipinski definition) is 2. The molecule has 6 nitrogen and oxygen atoms in total. The predicted octanol–water partition coefficient (Wildman–Crippen LogP) is 3.72. The number of benzene rings is 2. The van der Waals surface area contributed by atoms with E-state index >= 15 is 0 Å². The number of aromatic nitrogens is 2. The average molecular weight is 348 g/mol. The number of anilines is 2. The van der Waals surface area contributed by atoms with Gasteiger partial charge in [0.2, 0.25) is 5.91 Å². The highest BCUT2D eigenvalue weighted by Crippen LogP contribution is 2.15. The molecule has 6 heteroatoms. The average Bonchev–Trinajstić information content (AvgIpc) is 3.14. The second-order valence-electron chi connectivity index (χ2n) is 6.16. The molecule has 0 spiro atoms. The Balaban J connectivity index is 1.65. The van der Waals surface area contributed by atoms with Crippen LogP contribution in [-0.4, -0.2) is 21.6 Å². The maximum Gasteiger partial charge on any atom is 0.276 e. The molecule has 26 heavy (non-hydrogen) atoms. The van der Waals surface area contributed by atoms with Gasteiger partial charge in [-0.25, -0.2) is 4.68 Å². The molecule has 3 rings (SSSR count). The SMILES string of the molecule is CC(C)C(=O)Nc1ccc(NC(=O)c2ccn(-c3ccccc3)n2)cc1. The third kappa shape index (κ3) is 4.16. The molecule has 1 aromatic heterocycles. The molecule has 0 saturated heterocycles. The lowest BCUT2D eigenvalue weighted by Gasteiger charge is -2.09. The Morgan fingerprint density at radius 2 is 1.50 bits per heavy atom. The zero-order chi connectivity index (χ0) is 18.5. The van der Waals surface area contributed by atoms with Crippen molar-refractivity contribution in [2.24, 2.45) is 5.92 Å². The number of nitrogens with zero attached hydrogens (tertiary/aromatic N) is 2. The summed E-state index contributed by atoms with van der Waals surface area (Å²) in [6, 6.07) is 18.2. The van der Waals surface area contributed by atoms with Crippen LogP contribution in [0.1, 0.15) is 24.3 Å². The number of para-hydroxylation sites is 1. The molecule has 0 aliphatic rings. The minimum atomic E-state index is -0.293. The van der Waals surface area contributed by atoms with E-state index in [1.54, 1.807) is 41.2 Å². The van der Waals surface area contributed by atoms with Gasteiger partial charge in [-0.1, -0.05) is 32.0 Å². The van der Waals surface area contributed by atoms with Crippen LogP contribution in [0.15, 0.2) is 66.9 Å². The lowest BCUT2D eigenvalue weighted by atomic mass is 10.2. The van der Waals surface area contributed by atoms with Crippen molar-refractivity contribution in [1.82, 2.24) is 9.78 Å². The first-order chi connectivity index (χ1) is 12.5. The summed E-state index contributed by atoms with van der Waals surface area (Å²) in [7, 11) is 0. The molecule has 0 fully saturated rings. The number of rotatable bonds is 5. The van der Waals surface area contributed by atoms with E-state index in [1.165, 1.54) is 0 Å². The van der Waals surface area contributed by atoms with Crippen LogP contribution in [0.5, 0.6) is 0 Å². The first-order valence-corrected chi connectivity index (χ1v) is 8.36. The summed E-state index contributed by atoms with van der Waals surface area (Å²) in [6.45, 7) is 3.66. The largest absolute Gasteiger partial charge is 0.326 e. The standard InChI is InChI=1S/C20H20N4O2/c1-14(2)19(25)21-15-8-10-16(11-9-15)22-20(26)18-12-13-24(23-18)17-6-4-3-5-7-17/h3-14H,1-2H3,(H,21,25)(H,22,26). The van der Waals surface area contributed by atoms with E-state index < -0.39 is 0 Å². The molecule has 0 bridgehead atoms. The van der Waals surface area contributed by atoms with E-state index in [-0.39, 0.29) is 17.7 Å². The fourth-order valence-electron chi connectivity index (χ4n) is 2.29. The van der Waals surface area contributed by atoms with Gasteiger partial charge in [0.25, 0.3) is 5.91 Å². The van der Waals surface area contributed by atoms with Crippen LogP contribution in [0, 0.1) is 5.92 Å². The molecule has 2 amide bonds. The van der Waals surface area contributed by atoms with Gasteiger partial charge in [-0.3, -0.25) is 9.59 Å². The molecular weight excluding hydrogens is 328 g/mol. The first kappa shape index (κ1) is 17.4. The summed E-state index contributed by atoms with van der Waals surface area (Å²) < 4.78 is 1.65. The highest BCUT2D eigenvalue weighted by molar-refractivity contribution is 6.03. The Kier molecular flexibility index (Phi) is 5.12. The number of carbonyl (C=O) groups excluding carboxylic acids is 2. The summed E-state index contributed by atoms with van der Waals surface area (Å²) in [4.78, 5) is 24.0. The smallest absolute Gasteiger partial charge is 0.276 e. The van der Waals surface area contributed by atoms with Gasteiger partial charge in [0, 0.05) is 23.5 Å². The lowest BCUT2D eigenvalue weighted by Crippen LogP contribution is -2.17. The zero-order valence-electron chi connectivity index (χ0n) is 14.6. The highest BCUT2D eigenvalue weighted by atomic mass is 16.2. The fraction of sp³-hybridized carbons (Fsp3) is 0.150. The summed E-state index contributed by atoms with van der Waals surface area (Å²) in [6.07, 6.45) is 1.74. The zero-order valence-corrected chi connectivity index (χ0v) is 14.6. The highest BCUT2D eigenvalue weighted by Gasteiger charge is 2.11. The minimum absolute atomic E-state index is 0.0479.